The maximum atomic E-state index is 12.5. The highest BCUT2D eigenvalue weighted by Gasteiger charge is 2.33. The van der Waals surface area contributed by atoms with Crippen LogP contribution in [0, 0.1) is 0 Å². The normalized spacial score (nSPS) is 16.5. The summed E-state index contributed by atoms with van der Waals surface area (Å²) in [4.78, 5) is 0. The van der Waals surface area contributed by atoms with E-state index in [0.29, 0.717) is 19.6 Å². The number of nitrogens with one attached hydrogen (secondary N) is 1. The molecule has 0 aromatic carbocycles. The average molecular weight is 181 g/mol. The molecular weight excluding hydrogens is 164 g/mol. The van der Waals surface area contributed by atoms with Gasteiger partial charge in [0.25, 0.3) is 6.43 Å². The molecule has 0 fully saturated rings. The second-order valence-electron chi connectivity index (χ2n) is 2.99. The molecule has 0 spiro atoms. The van der Waals surface area contributed by atoms with Crippen LogP contribution in [-0.4, -0.2) is 32.2 Å². The molecule has 0 aromatic rings. The Kier molecular flexibility index (Phi) is 5.33. The molecule has 4 heteroatoms. The average Bonchev–Trinajstić information content (AvgIpc) is 2.01. The van der Waals surface area contributed by atoms with E-state index in [9.17, 15) is 8.78 Å². The van der Waals surface area contributed by atoms with Gasteiger partial charge in [0.05, 0.1) is 5.54 Å². The van der Waals surface area contributed by atoms with Gasteiger partial charge in [-0.05, 0) is 19.9 Å². The van der Waals surface area contributed by atoms with E-state index in [-0.39, 0.29) is 0 Å². The lowest BCUT2D eigenvalue weighted by Gasteiger charge is -2.29. The highest BCUT2D eigenvalue weighted by atomic mass is 19.3. The highest BCUT2D eigenvalue weighted by Crippen LogP contribution is 2.19. The maximum Gasteiger partial charge on any atom is 0.256 e. The van der Waals surface area contributed by atoms with Gasteiger partial charge < -0.3 is 10.1 Å². The number of methoxy groups -OCH3 is 1. The minimum atomic E-state index is -2.35. The number of ether oxygens (including phenoxy) is 1. The van der Waals surface area contributed by atoms with E-state index in [4.69, 9.17) is 4.74 Å². The van der Waals surface area contributed by atoms with Crippen molar-refractivity contribution >= 4 is 0 Å². The van der Waals surface area contributed by atoms with E-state index in [1.54, 1.807) is 0 Å². The van der Waals surface area contributed by atoms with Gasteiger partial charge in [-0.25, -0.2) is 8.78 Å². The second kappa shape index (κ2) is 5.43. The molecule has 12 heavy (non-hydrogen) atoms. The van der Waals surface area contributed by atoms with E-state index >= 15 is 0 Å². The van der Waals surface area contributed by atoms with Crippen LogP contribution in [0.3, 0.4) is 0 Å². The van der Waals surface area contributed by atoms with E-state index in [1.165, 1.54) is 14.0 Å². The topological polar surface area (TPSA) is 21.3 Å². The third kappa shape index (κ3) is 3.45. The van der Waals surface area contributed by atoms with Crippen LogP contribution >= 0.6 is 0 Å². The van der Waals surface area contributed by atoms with Crippen molar-refractivity contribution in [3.05, 3.63) is 0 Å². The SMILES string of the molecule is CCNC(C)(CCOC)C(F)F. The van der Waals surface area contributed by atoms with E-state index in [1.807, 2.05) is 6.92 Å². The first-order valence-corrected chi connectivity index (χ1v) is 4.09. The molecule has 0 bridgehead atoms. The summed E-state index contributed by atoms with van der Waals surface area (Å²) >= 11 is 0. The van der Waals surface area contributed by atoms with Gasteiger partial charge in [-0.2, -0.15) is 0 Å². The molecule has 0 saturated carbocycles. The van der Waals surface area contributed by atoms with Crippen LogP contribution in [0.1, 0.15) is 20.3 Å². The van der Waals surface area contributed by atoms with E-state index < -0.39 is 12.0 Å². The van der Waals surface area contributed by atoms with Crippen LogP contribution in [0.4, 0.5) is 8.78 Å². The van der Waals surface area contributed by atoms with Crippen molar-refractivity contribution in [3.8, 4) is 0 Å². The highest BCUT2D eigenvalue weighted by molar-refractivity contribution is 4.85. The van der Waals surface area contributed by atoms with Gasteiger partial charge in [0.1, 0.15) is 0 Å². The predicted molar refractivity (Wildman–Crippen MR) is 44.6 cm³/mol. The molecule has 0 radical (unpaired) electrons. The second-order valence-corrected chi connectivity index (χ2v) is 2.99. The Morgan fingerprint density at radius 2 is 2.08 bits per heavy atom. The molecule has 0 aliphatic heterocycles. The lowest BCUT2D eigenvalue weighted by molar-refractivity contribution is 0.0209. The van der Waals surface area contributed by atoms with Gasteiger partial charge in [-0.3, -0.25) is 0 Å². The monoisotopic (exact) mass is 181 g/mol. The van der Waals surface area contributed by atoms with Gasteiger partial charge in [0, 0.05) is 13.7 Å². The Hall–Kier alpha value is -0.220. The molecule has 0 aliphatic carbocycles. The third-order valence-corrected chi connectivity index (χ3v) is 1.89. The molecule has 1 atom stereocenters. The van der Waals surface area contributed by atoms with Gasteiger partial charge in [0.2, 0.25) is 0 Å². The zero-order valence-electron chi connectivity index (χ0n) is 7.86. The van der Waals surface area contributed by atoms with Gasteiger partial charge >= 0.3 is 0 Å². The lowest BCUT2D eigenvalue weighted by Crippen LogP contribution is -2.49. The molecule has 1 N–H and O–H groups in total. The Morgan fingerprint density at radius 1 is 1.50 bits per heavy atom. The van der Waals surface area contributed by atoms with Crippen LogP contribution < -0.4 is 5.32 Å². The number of alkyl halides is 2. The molecule has 1 unspecified atom stereocenters. The smallest absolute Gasteiger partial charge is 0.256 e. The fourth-order valence-corrected chi connectivity index (χ4v) is 0.993. The zero-order chi connectivity index (χ0) is 9.61. The van der Waals surface area contributed by atoms with Gasteiger partial charge in [-0.1, -0.05) is 6.92 Å². The van der Waals surface area contributed by atoms with Crippen LogP contribution in [0.2, 0.25) is 0 Å². The van der Waals surface area contributed by atoms with Crippen LogP contribution in [-0.2, 0) is 4.74 Å². The lowest BCUT2D eigenvalue weighted by atomic mass is 9.99. The fourth-order valence-electron chi connectivity index (χ4n) is 0.993. The molecule has 0 heterocycles. The summed E-state index contributed by atoms with van der Waals surface area (Å²) in [6.45, 7) is 4.23. The summed E-state index contributed by atoms with van der Waals surface area (Å²) in [6, 6.07) is 0. The summed E-state index contributed by atoms with van der Waals surface area (Å²) < 4.78 is 29.7. The Balaban J connectivity index is 3.99. The van der Waals surface area contributed by atoms with E-state index in [2.05, 4.69) is 5.32 Å². The molecule has 0 aromatic heterocycles. The van der Waals surface area contributed by atoms with Crippen LogP contribution in [0.15, 0.2) is 0 Å². The quantitative estimate of drug-likeness (QED) is 0.672. The Morgan fingerprint density at radius 3 is 2.42 bits per heavy atom. The number of hydrogen-bond donors (Lipinski definition) is 1. The number of rotatable bonds is 6. The Labute approximate surface area is 72.3 Å². The van der Waals surface area contributed by atoms with Crippen molar-refractivity contribution < 1.29 is 13.5 Å². The maximum absolute atomic E-state index is 12.5. The summed E-state index contributed by atoms with van der Waals surface area (Å²) in [5.41, 5.74) is -1.11. The van der Waals surface area contributed by atoms with Crippen LogP contribution in [0.5, 0.6) is 0 Å². The molecular formula is C8H17F2NO. The van der Waals surface area contributed by atoms with Crippen LogP contribution in [0.25, 0.3) is 0 Å². The summed E-state index contributed by atoms with van der Waals surface area (Å²) in [7, 11) is 1.51. The molecule has 0 amide bonds. The largest absolute Gasteiger partial charge is 0.385 e. The minimum Gasteiger partial charge on any atom is -0.385 e. The Bertz CT molecular complexity index is 122. The molecule has 74 valence electrons. The first-order chi connectivity index (χ1) is 5.56. The van der Waals surface area contributed by atoms with Crippen molar-refractivity contribution in [3.63, 3.8) is 0 Å². The van der Waals surface area contributed by atoms with Gasteiger partial charge in [-0.15, -0.1) is 0 Å². The molecule has 0 rings (SSSR count). The standard InChI is InChI=1S/C8H17F2NO/c1-4-11-8(2,7(9)10)5-6-12-3/h7,11H,4-6H2,1-3H3. The van der Waals surface area contributed by atoms with Crippen molar-refractivity contribution in [2.24, 2.45) is 0 Å². The third-order valence-electron chi connectivity index (χ3n) is 1.89. The van der Waals surface area contributed by atoms with Crippen molar-refractivity contribution in [1.82, 2.24) is 5.32 Å². The summed E-state index contributed by atoms with van der Waals surface area (Å²) in [5, 5.41) is 2.76. The minimum absolute atomic E-state index is 0.328. The van der Waals surface area contributed by atoms with Crippen molar-refractivity contribution in [1.29, 1.82) is 0 Å². The molecule has 0 aliphatic rings. The number of halogens is 2. The zero-order valence-corrected chi connectivity index (χ0v) is 7.86. The van der Waals surface area contributed by atoms with Crippen molar-refractivity contribution in [2.75, 3.05) is 20.3 Å². The fraction of sp³-hybridized carbons (Fsp3) is 1.00. The first-order valence-electron chi connectivity index (χ1n) is 4.09. The first kappa shape index (κ1) is 11.8. The van der Waals surface area contributed by atoms with E-state index in [0.717, 1.165) is 0 Å². The predicted octanol–water partition coefficient (Wildman–Crippen LogP) is 1.66. The summed E-state index contributed by atoms with van der Waals surface area (Å²) in [5.74, 6) is 0. The summed E-state index contributed by atoms with van der Waals surface area (Å²) in [6.07, 6.45) is -2.03. The number of hydrogen-bond acceptors (Lipinski definition) is 2. The van der Waals surface area contributed by atoms with Crippen molar-refractivity contribution in [2.45, 2.75) is 32.2 Å². The van der Waals surface area contributed by atoms with Gasteiger partial charge in [0.15, 0.2) is 0 Å². The molecule has 2 nitrogen and oxygen atoms in total. The molecule has 0 saturated heterocycles.